The van der Waals surface area contributed by atoms with Crippen LogP contribution in [-0.4, -0.2) is 110 Å². The minimum atomic E-state index is -1.50. The minimum absolute atomic E-state index is 0.00338. The Balaban J connectivity index is 1.28. The molecule has 6 rings (SSSR count). The summed E-state index contributed by atoms with van der Waals surface area (Å²) in [6.07, 6.45) is -0.946. The maximum absolute atomic E-state index is 15.2. The van der Waals surface area contributed by atoms with Crippen molar-refractivity contribution in [1.82, 2.24) is 14.7 Å². The predicted molar refractivity (Wildman–Crippen MR) is 219 cm³/mol. The number of allylic oxidation sites excluding steroid dienone is 8. The summed E-state index contributed by atoms with van der Waals surface area (Å²) in [5.74, 6) is -5.01. The lowest BCUT2D eigenvalue weighted by Crippen LogP contribution is -2.30. The molecule has 6 aliphatic rings. The molecule has 0 bridgehead atoms. The van der Waals surface area contributed by atoms with Crippen LogP contribution in [0.2, 0.25) is 0 Å². The maximum atomic E-state index is 15.2. The lowest BCUT2D eigenvalue weighted by Gasteiger charge is -2.30. The van der Waals surface area contributed by atoms with Crippen LogP contribution in [0.25, 0.3) is 9.69 Å². The van der Waals surface area contributed by atoms with Crippen LogP contribution in [0.1, 0.15) is 77.0 Å². The number of nitriles is 4. The fourth-order valence-corrected chi connectivity index (χ4v) is 9.15. The van der Waals surface area contributed by atoms with Crippen LogP contribution in [0.5, 0.6) is 0 Å². The van der Waals surface area contributed by atoms with E-state index in [9.17, 15) is 35.4 Å². The molecule has 3 fully saturated rings. The zero-order valence-corrected chi connectivity index (χ0v) is 35.3. The highest BCUT2D eigenvalue weighted by Gasteiger charge is 2.37. The number of carbonyl (C=O) groups is 3. The summed E-state index contributed by atoms with van der Waals surface area (Å²) in [6, 6.07) is 7.53. The van der Waals surface area contributed by atoms with Gasteiger partial charge in [0.25, 0.3) is 5.70 Å². The van der Waals surface area contributed by atoms with E-state index in [1.807, 2.05) is 26.8 Å². The van der Waals surface area contributed by atoms with Gasteiger partial charge < -0.3 is 28.9 Å². The Labute approximate surface area is 369 Å². The fourth-order valence-electron chi connectivity index (χ4n) is 9.15. The SMILES string of the molecule is [C-]#[N+]C1=C(N2CCCC2)CC(F)C/C1=C(/[N+]#[C-])C(=O)OCC(COC(=O)/C(C#N)=C1\CC(F)CC(N2CCCC2)=C1C#N)COC(=O)/C(C#N)=C1\CC(F)CC(N2CCCC2)=C1C#N. The van der Waals surface area contributed by atoms with Crippen molar-refractivity contribution in [3.63, 3.8) is 0 Å². The molecule has 3 aliphatic heterocycles. The number of nitrogens with zero attached hydrogens (tertiary/aromatic N) is 9. The van der Waals surface area contributed by atoms with Gasteiger partial charge in [-0.15, -0.1) is 0 Å². The van der Waals surface area contributed by atoms with Gasteiger partial charge in [0.15, 0.2) is 5.70 Å². The zero-order valence-electron chi connectivity index (χ0n) is 35.3. The predicted octanol–water partition coefficient (Wildman–Crippen LogP) is 6.42. The molecule has 0 aromatic heterocycles. The van der Waals surface area contributed by atoms with E-state index in [0.29, 0.717) is 56.4 Å². The second-order valence-corrected chi connectivity index (χ2v) is 16.4. The summed E-state index contributed by atoms with van der Waals surface area (Å²) < 4.78 is 62.0. The number of alkyl halides is 3. The Morgan fingerprint density at radius 2 is 0.938 bits per heavy atom. The van der Waals surface area contributed by atoms with Gasteiger partial charge in [0.1, 0.15) is 67.2 Å². The number of halogens is 3. The molecule has 15 nitrogen and oxygen atoms in total. The van der Waals surface area contributed by atoms with Crippen LogP contribution >= 0.6 is 0 Å². The molecular weight excluding hydrogens is 832 g/mol. The van der Waals surface area contributed by atoms with E-state index < -0.39 is 98.3 Å². The molecule has 3 saturated heterocycles. The van der Waals surface area contributed by atoms with Crippen LogP contribution < -0.4 is 0 Å². The molecule has 64 heavy (non-hydrogen) atoms. The van der Waals surface area contributed by atoms with E-state index in [2.05, 4.69) is 9.69 Å². The number of hydrogen-bond donors (Lipinski definition) is 0. The monoisotopic (exact) mass is 877 g/mol. The molecular formula is C46H46F3N9O6. The Hall–Kier alpha value is -7.02. The lowest BCUT2D eigenvalue weighted by molar-refractivity contribution is -0.148. The van der Waals surface area contributed by atoms with Crippen molar-refractivity contribution in [1.29, 1.82) is 21.0 Å². The normalized spacial score (nSPS) is 25.3. The van der Waals surface area contributed by atoms with Crippen LogP contribution in [0.4, 0.5) is 13.2 Å². The first kappa shape index (κ1) is 46.5. The Morgan fingerprint density at radius 1 is 0.578 bits per heavy atom. The minimum Gasteiger partial charge on any atom is -0.470 e. The molecule has 0 radical (unpaired) electrons. The first-order valence-corrected chi connectivity index (χ1v) is 21.4. The Morgan fingerprint density at radius 3 is 1.30 bits per heavy atom. The average Bonchev–Trinajstić information content (AvgIpc) is 4.12. The van der Waals surface area contributed by atoms with Gasteiger partial charge >= 0.3 is 17.9 Å². The summed E-state index contributed by atoms with van der Waals surface area (Å²) in [5, 5.41) is 40.5. The standard InChI is InChI=1S/C46H46F3N9O6/c1-54-42-34(17-31(49)20-41(42)58-13-7-8-14-58)43(55-2)46(61)64-27-28(25-62-44(59)37(23-52)32-15-29(47)18-39(35(32)21-50)56-9-3-4-10-56)26-63-45(60)38(24-53)33-16-30(48)19-40(36(33)22-51)57-11-5-6-12-57/h28-31H,3-20,25-27H2/b37-32+,38-33+,43-34-. The number of likely N-dealkylation sites (tertiary alicyclic amines) is 3. The highest BCUT2D eigenvalue weighted by atomic mass is 19.1. The van der Waals surface area contributed by atoms with Gasteiger partial charge in [0, 0.05) is 88.5 Å². The van der Waals surface area contributed by atoms with Crippen LogP contribution in [0, 0.1) is 64.4 Å². The van der Waals surface area contributed by atoms with Crippen molar-refractivity contribution in [3.8, 4) is 24.3 Å². The number of ether oxygens (including phenoxy) is 3. The molecule has 332 valence electrons. The van der Waals surface area contributed by atoms with Gasteiger partial charge in [-0.05, 0) is 61.7 Å². The third-order valence-corrected chi connectivity index (χ3v) is 12.2. The first-order chi connectivity index (χ1) is 31.0. The zero-order chi connectivity index (χ0) is 45.9. The highest BCUT2D eigenvalue weighted by Crippen LogP contribution is 2.40. The van der Waals surface area contributed by atoms with Crippen LogP contribution in [0.15, 0.2) is 67.5 Å². The van der Waals surface area contributed by atoms with Crippen molar-refractivity contribution in [2.24, 2.45) is 5.92 Å². The number of hydrogen-bond acceptors (Lipinski definition) is 13. The molecule has 0 amide bonds. The van der Waals surface area contributed by atoms with Gasteiger partial charge in [0.2, 0.25) is 0 Å². The molecule has 0 saturated carbocycles. The van der Waals surface area contributed by atoms with E-state index in [-0.39, 0.29) is 52.8 Å². The van der Waals surface area contributed by atoms with Crippen molar-refractivity contribution in [2.75, 3.05) is 59.1 Å². The van der Waals surface area contributed by atoms with E-state index >= 15 is 13.2 Å². The molecule has 0 N–H and O–H groups in total. The van der Waals surface area contributed by atoms with Crippen molar-refractivity contribution in [2.45, 2.75) is 95.6 Å². The summed E-state index contributed by atoms with van der Waals surface area (Å²) in [4.78, 5) is 53.4. The largest absolute Gasteiger partial charge is 0.470 e. The van der Waals surface area contributed by atoms with Crippen LogP contribution in [0.3, 0.4) is 0 Å². The summed E-state index contributed by atoms with van der Waals surface area (Å²) in [6.45, 7) is 17.0. The number of esters is 3. The second-order valence-electron chi connectivity index (χ2n) is 16.4. The number of rotatable bonds is 12. The molecule has 18 heteroatoms. The van der Waals surface area contributed by atoms with Crippen molar-refractivity contribution in [3.05, 3.63) is 90.3 Å². The molecule has 0 aromatic rings. The number of carbonyl (C=O) groups excluding carboxylic acids is 3. The van der Waals surface area contributed by atoms with Crippen LogP contribution in [-0.2, 0) is 28.6 Å². The smallest absolute Gasteiger partial charge is 0.349 e. The van der Waals surface area contributed by atoms with E-state index in [4.69, 9.17) is 27.4 Å². The highest BCUT2D eigenvalue weighted by molar-refractivity contribution is 5.96. The first-order valence-electron chi connectivity index (χ1n) is 21.4. The molecule has 3 unspecified atom stereocenters. The topological polar surface area (TPSA) is 192 Å². The van der Waals surface area contributed by atoms with Gasteiger partial charge in [-0.25, -0.2) is 32.5 Å². The third kappa shape index (κ3) is 10.3. The van der Waals surface area contributed by atoms with Crippen molar-refractivity contribution >= 4 is 17.9 Å². The summed E-state index contributed by atoms with van der Waals surface area (Å²) in [5.41, 5.74) is -1.14. The molecule has 3 atom stereocenters. The van der Waals surface area contributed by atoms with Gasteiger partial charge in [-0.1, -0.05) is 0 Å². The molecule has 0 aromatic carbocycles. The quantitative estimate of drug-likeness (QED) is 0.0687. The Bertz CT molecular complexity index is 2120. The maximum Gasteiger partial charge on any atom is 0.349 e. The van der Waals surface area contributed by atoms with Gasteiger partial charge in [0.05, 0.1) is 36.8 Å². The lowest BCUT2D eigenvalue weighted by atomic mass is 9.86. The molecule has 0 spiro atoms. The van der Waals surface area contributed by atoms with E-state index in [0.717, 1.165) is 38.5 Å². The third-order valence-electron chi connectivity index (χ3n) is 12.2. The van der Waals surface area contributed by atoms with Crippen molar-refractivity contribution < 1.29 is 41.8 Å². The van der Waals surface area contributed by atoms with E-state index in [1.165, 1.54) is 0 Å². The average molecular weight is 878 g/mol. The Kier molecular flexibility index (Phi) is 15.5. The molecule has 3 aliphatic carbocycles. The van der Waals surface area contributed by atoms with E-state index in [1.54, 1.807) is 12.1 Å². The molecule has 3 heterocycles. The fraction of sp³-hybridized carbons (Fsp3) is 0.543. The van der Waals surface area contributed by atoms with Gasteiger partial charge in [-0.3, -0.25) is 4.79 Å². The van der Waals surface area contributed by atoms with Gasteiger partial charge in [-0.2, -0.15) is 21.0 Å². The second kappa shape index (κ2) is 21.4. The summed E-state index contributed by atoms with van der Waals surface area (Å²) >= 11 is 0. The summed E-state index contributed by atoms with van der Waals surface area (Å²) in [7, 11) is 0.